The van der Waals surface area contributed by atoms with Crippen LogP contribution in [0.3, 0.4) is 0 Å². The maximum absolute atomic E-state index is 6.10. The van der Waals surface area contributed by atoms with Gasteiger partial charge in [0.1, 0.15) is 11.5 Å². The predicted octanol–water partition coefficient (Wildman–Crippen LogP) is 3.56. The van der Waals surface area contributed by atoms with Gasteiger partial charge in [0.15, 0.2) is 0 Å². The van der Waals surface area contributed by atoms with E-state index in [4.69, 9.17) is 5.73 Å². The zero-order valence-electron chi connectivity index (χ0n) is 11.7. The first kappa shape index (κ1) is 12.7. The Morgan fingerprint density at radius 3 is 2.89 bits per heavy atom. The van der Waals surface area contributed by atoms with Crippen molar-refractivity contribution >= 4 is 17.2 Å². The Morgan fingerprint density at radius 2 is 2.11 bits per heavy atom. The van der Waals surface area contributed by atoms with E-state index < -0.39 is 0 Å². The maximum atomic E-state index is 6.10. The van der Waals surface area contributed by atoms with Gasteiger partial charge in [0.2, 0.25) is 0 Å². The third kappa shape index (κ3) is 2.18. The summed E-state index contributed by atoms with van der Waals surface area (Å²) in [5, 5.41) is 4.62. The molecule has 102 valence electrons. The van der Waals surface area contributed by atoms with E-state index in [0.717, 1.165) is 17.9 Å². The molecule has 1 aliphatic rings. The number of anilines is 1. The Hall–Kier alpha value is -1.29. The number of nitrogen functional groups attached to an aromatic ring is 1. The summed E-state index contributed by atoms with van der Waals surface area (Å²) in [6.45, 7) is 2.15. The lowest BCUT2D eigenvalue weighted by Crippen LogP contribution is -1.98. The summed E-state index contributed by atoms with van der Waals surface area (Å²) in [4.78, 5) is 2.87. The van der Waals surface area contributed by atoms with Gasteiger partial charge in [-0.15, -0.1) is 11.3 Å². The number of rotatable bonds is 2. The van der Waals surface area contributed by atoms with Crippen LogP contribution < -0.4 is 5.73 Å². The van der Waals surface area contributed by atoms with E-state index in [1.807, 2.05) is 18.4 Å². The fraction of sp³-hybridized carbons (Fsp3) is 0.533. The van der Waals surface area contributed by atoms with E-state index in [1.165, 1.54) is 42.5 Å². The molecule has 2 heterocycles. The summed E-state index contributed by atoms with van der Waals surface area (Å²) in [7, 11) is 1.93. The molecule has 0 unspecified atom stereocenters. The van der Waals surface area contributed by atoms with Gasteiger partial charge in [0.05, 0.1) is 4.88 Å². The monoisotopic (exact) mass is 275 g/mol. The molecule has 1 aliphatic carbocycles. The Morgan fingerprint density at radius 1 is 1.32 bits per heavy atom. The van der Waals surface area contributed by atoms with E-state index in [-0.39, 0.29) is 0 Å². The van der Waals surface area contributed by atoms with Gasteiger partial charge in [-0.05, 0) is 43.7 Å². The Balaban J connectivity index is 2.05. The van der Waals surface area contributed by atoms with Crippen LogP contribution in [0.5, 0.6) is 0 Å². The Bertz CT molecular complexity index is 571. The fourth-order valence-corrected chi connectivity index (χ4v) is 4.18. The van der Waals surface area contributed by atoms with Crippen molar-refractivity contribution in [3.05, 3.63) is 22.1 Å². The number of aryl methyl sites for hydroxylation is 3. The largest absolute Gasteiger partial charge is 0.384 e. The van der Waals surface area contributed by atoms with Crippen LogP contribution >= 0.6 is 11.3 Å². The van der Waals surface area contributed by atoms with Crippen LogP contribution in [0.1, 0.15) is 42.2 Å². The lowest BCUT2D eigenvalue weighted by Gasteiger charge is -1.97. The maximum Gasteiger partial charge on any atom is 0.125 e. The number of thiophene rings is 1. The highest BCUT2D eigenvalue weighted by Crippen LogP contribution is 2.37. The number of nitrogens with zero attached hydrogens (tertiary/aromatic N) is 2. The van der Waals surface area contributed by atoms with Crippen LogP contribution in [0.2, 0.25) is 0 Å². The minimum absolute atomic E-state index is 0.807. The quantitative estimate of drug-likeness (QED) is 0.852. The standard InChI is InChI=1S/C15H21N3S/c1-3-11-14(17-18(2)15(11)16)13-9-10-7-5-4-6-8-12(10)19-13/h9H,3-8,16H2,1-2H3. The Kier molecular flexibility index (Phi) is 3.35. The highest BCUT2D eigenvalue weighted by molar-refractivity contribution is 7.15. The number of aromatic nitrogens is 2. The zero-order valence-corrected chi connectivity index (χ0v) is 12.5. The molecular weight excluding hydrogens is 254 g/mol. The molecule has 0 atom stereocenters. The first-order valence-corrected chi connectivity index (χ1v) is 7.95. The van der Waals surface area contributed by atoms with Crippen molar-refractivity contribution < 1.29 is 0 Å². The summed E-state index contributed by atoms with van der Waals surface area (Å²) >= 11 is 1.92. The van der Waals surface area contributed by atoms with E-state index in [9.17, 15) is 0 Å². The average Bonchev–Trinajstić information content (AvgIpc) is 2.84. The van der Waals surface area contributed by atoms with E-state index in [1.54, 1.807) is 15.1 Å². The highest BCUT2D eigenvalue weighted by atomic mass is 32.1. The second-order valence-electron chi connectivity index (χ2n) is 5.31. The molecule has 0 bridgehead atoms. The molecule has 0 aromatic carbocycles. The number of fused-ring (bicyclic) bond motifs is 1. The molecule has 0 fully saturated rings. The number of nitrogens with two attached hydrogens (primary N) is 1. The molecule has 19 heavy (non-hydrogen) atoms. The van der Waals surface area contributed by atoms with Gasteiger partial charge in [0, 0.05) is 17.5 Å². The molecule has 2 aromatic heterocycles. The average molecular weight is 275 g/mol. The second-order valence-corrected chi connectivity index (χ2v) is 6.45. The normalized spacial score (nSPS) is 15.3. The molecule has 0 spiro atoms. The summed E-state index contributed by atoms with van der Waals surface area (Å²) < 4.78 is 1.80. The molecule has 0 saturated carbocycles. The van der Waals surface area contributed by atoms with Crippen LogP contribution in [0.15, 0.2) is 6.07 Å². The molecule has 0 radical (unpaired) electrons. The van der Waals surface area contributed by atoms with Crippen molar-refractivity contribution in [3.8, 4) is 10.6 Å². The molecule has 0 amide bonds. The van der Waals surface area contributed by atoms with Gasteiger partial charge >= 0.3 is 0 Å². The molecule has 3 nitrogen and oxygen atoms in total. The van der Waals surface area contributed by atoms with E-state index >= 15 is 0 Å². The van der Waals surface area contributed by atoms with Gasteiger partial charge < -0.3 is 5.73 Å². The summed E-state index contributed by atoms with van der Waals surface area (Å²) in [6.07, 6.45) is 7.44. The number of hydrogen-bond donors (Lipinski definition) is 1. The van der Waals surface area contributed by atoms with Gasteiger partial charge in [-0.1, -0.05) is 13.3 Å². The van der Waals surface area contributed by atoms with Crippen molar-refractivity contribution in [2.24, 2.45) is 7.05 Å². The fourth-order valence-electron chi connectivity index (χ4n) is 2.91. The molecule has 0 saturated heterocycles. The SMILES string of the molecule is CCc1c(-c2cc3c(s2)CCCCC3)nn(C)c1N. The van der Waals surface area contributed by atoms with Crippen molar-refractivity contribution in [2.75, 3.05) is 5.73 Å². The summed E-state index contributed by atoms with van der Waals surface area (Å²) in [5.41, 5.74) is 9.94. The number of hydrogen-bond acceptors (Lipinski definition) is 3. The van der Waals surface area contributed by atoms with Gasteiger partial charge in [0.25, 0.3) is 0 Å². The van der Waals surface area contributed by atoms with Crippen LogP contribution in [-0.2, 0) is 26.3 Å². The first-order valence-electron chi connectivity index (χ1n) is 7.14. The van der Waals surface area contributed by atoms with Gasteiger partial charge in [-0.2, -0.15) is 5.10 Å². The van der Waals surface area contributed by atoms with Crippen LogP contribution in [0.4, 0.5) is 5.82 Å². The summed E-state index contributed by atoms with van der Waals surface area (Å²) in [5.74, 6) is 0.807. The van der Waals surface area contributed by atoms with Crippen molar-refractivity contribution in [2.45, 2.75) is 45.4 Å². The van der Waals surface area contributed by atoms with E-state index in [0.29, 0.717) is 0 Å². The first-order chi connectivity index (χ1) is 9.20. The van der Waals surface area contributed by atoms with Crippen LogP contribution in [-0.4, -0.2) is 9.78 Å². The lowest BCUT2D eigenvalue weighted by molar-refractivity contribution is 0.712. The van der Waals surface area contributed by atoms with E-state index in [2.05, 4.69) is 18.1 Å². The highest BCUT2D eigenvalue weighted by Gasteiger charge is 2.19. The van der Waals surface area contributed by atoms with Crippen molar-refractivity contribution in [1.29, 1.82) is 0 Å². The van der Waals surface area contributed by atoms with Crippen LogP contribution in [0, 0.1) is 0 Å². The van der Waals surface area contributed by atoms with Crippen LogP contribution in [0.25, 0.3) is 10.6 Å². The van der Waals surface area contributed by atoms with Gasteiger partial charge in [-0.25, -0.2) is 0 Å². The molecule has 2 aromatic rings. The molecule has 4 heteroatoms. The third-order valence-electron chi connectivity index (χ3n) is 4.03. The van der Waals surface area contributed by atoms with Gasteiger partial charge in [-0.3, -0.25) is 4.68 Å². The topological polar surface area (TPSA) is 43.8 Å². The second kappa shape index (κ2) is 5.00. The molecular formula is C15H21N3S. The molecule has 0 aliphatic heterocycles. The zero-order chi connectivity index (χ0) is 13.4. The predicted molar refractivity (Wildman–Crippen MR) is 81.6 cm³/mol. The Labute approximate surface area is 118 Å². The van der Waals surface area contributed by atoms with Crippen molar-refractivity contribution in [1.82, 2.24) is 9.78 Å². The van der Waals surface area contributed by atoms with Crippen molar-refractivity contribution in [3.63, 3.8) is 0 Å². The minimum atomic E-state index is 0.807. The third-order valence-corrected chi connectivity index (χ3v) is 5.27. The minimum Gasteiger partial charge on any atom is -0.384 e. The molecule has 2 N–H and O–H groups in total. The lowest BCUT2D eigenvalue weighted by atomic mass is 10.1. The summed E-state index contributed by atoms with van der Waals surface area (Å²) in [6, 6.07) is 2.35. The smallest absolute Gasteiger partial charge is 0.125 e. The molecule has 3 rings (SSSR count).